The molecule has 0 bridgehead atoms. The van der Waals surface area contributed by atoms with Gasteiger partial charge in [-0.15, -0.1) is 0 Å². The lowest BCUT2D eigenvalue weighted by molar-refractivity contribution is 0.166. The Balaban J connectivity index is 1.76. The van der Waals surface area contributed by atoms with Gasteiger partial charge in [-0.3, -0.25) is 0 Å². The van der Waals surface area contributed by atoms with E-state index in [0.717, 1.165) is 22.3 Å². The van der Waals surface area contributed by atoms with Crippen molar-refractivity contribution < 1.29 is 27.9 Å². The third kappa shape index (κ3) is 4.63. The normalized spacial score (nSPS) is 25.0. The molecule has 0 spiro atoms. The fraction of sp³-hybridized carbons (Fsp3) is 0.474. The van der Waals surface area contributed by atoms with Crippen molar-refractivity contribution in [3.05, 3.63) is 46.5 Å². The highest BCUT2D eigenvalue weighted by Crippen LogP contribution is 2.39. The number of benzene rings is 1. The van der Waals surface area contributed by atoms with E-state index in [2.05, 4.69) is 0 Å². The topological polar surface area (TPSA) is 93.1 Å². The number of aromatic hydroxyl groups is 1. The summed E-state index contributed by atoms with van der Waals surface area (Å²) in [5.74, 6) is 0.205. The van der Waals surface area contributed by atoms with Crippen LogP contribution in [0.1, 0.15) is 25.3 Å². The molecule has 0 amide bonds. The number of phenolic OH excluding ortho intramolecular Hbond substituents is 1. The van der Waals surface area contributed by atoms with E-state index >= 15 is 0 Å². The van der Waals surface area contributed by atoms with Gasteiger partial charge in [0, 0.05) is 13.4 Å². The van der Waals surface area contributed by atoms with Crippen molar-refractivity contribution in [3.8, 4) is 5.75 Å². The van der Waals surface area contributed by atoms with Crippen molar-refractivity contribution in [2.24, 2.45) is 0 Å². The Labute approximate surface area is 160 Å². The highest BCUT2D eigenvalue weighted by Gasteiger charge is 2.48. The van der Waals surface area contributed by atoms with Gasteiger partial charge in [0.2, 0.25) is 0 Å². The predicted octanol–water partition coefficient (Wildman–Crippen LogP) is 2.19. The van der Waals surface area contributed by atoms with Gasteiger partial charge in [-0.05, 0) is 48.6 Å². The van der Waals surface area contributed by atoms with Crippen molar-refractivity contribution in [1.29, 1.82) is 0 Å². The monoisotopic (exact) mass is 392 g/mol. The van der Waals surface area contributed by atoms with Gasteiger partial charge in [0.05, 0.1) is 23.7 Å². The van der Waals surface area contributed by atoms with Gasteiger partial charge in [0.1, 0.15) is 5.75 Å². The molecular weight excluding hydrogens is 367 g/mol. The maximum Gasteiger partial charge on any atom is 0.456 e. The van der Waals surface area contributed by atoms with Crippen LogP contribution in [0.5, 0.6) is 5.75 Å². The minimum atomic E-state index is -3.31. The second-order valence-electron chi connectivity index (χ2n) is 7.22. The zero-order chi connectivity index (χ0) is 19.6. The second kappa shape index (κ2) is 8.18. The molecular formula is C19H25BO6S. The zero-order valence-electron chi connectivity index (χ0n) is 15.6. The molecule has 0 saturated carbocycles. The fourth-order valence-corrected chi connectivity index (χ4v) is 5.97. The van der Waals surface area contributed by atoms with Crippen LogP contribution in [0.4, 0.5) is 0 Å². The van der Waals surface area contributed by atoms with Crippen LogP contribution < -0.4 is 0 Å². The third-order valence-corrected chi connectivity index (χ3v) is 7.14. The summed E-state index contributed by atoms with van der Waals surface area (Å²) in [5, 5.41) is 18.7. The second-order valence-corrected chi connectivity index (χ2v) is 9.41. The maximum absolute atomic E-state index is 12.5. The van der Waals surface area contributed by atoms with Crippen LogP contribution in [0.3, 0.4) is 0 Å². The molecule has 0 unspecified atom stereocenters. The molecule has 2 heterocycles. The van der Waals surface area contributed by atoms with E-state index in [-0.39, 0.29) is 24.4 Å². The van der Waals surface area contributed by atoms with E-state index in [1.54, 1.807) is 19.2 Å². The average Bonchev–Trinajstić information content (AvgIpc) is 2.85. The lowest BCUT2D eigenvalue weighted by Gasteiger charge is -2.32. The first kappa shape index (κ1) is 20.1. The van der Waals surface area contributed by atoms with Crippen LogP contribution in [0, 0.1) is 0 Å². The molecule has 1 saturated heterocycles. The summed E-state index contributed by atoms with van der Waals surface area (Å²) in [6.45, 7) is 2.27. The number of phenols is 1. The summed E-state index contributed by atoms with van der Waals surface area (Å²) >= 11 is 0. The van der Waals surface area contributed by atoms with E-state index in [4.69, 9.17) is 9.39 Å². The van der Waals surface area contributed by atoms with Gasteiger partial charge < -0.3 is 19.5 Å². The van der Waals surface area contributed by atoms with Gasteiger partial charge in [0.15, 0.2) is 9.84 Å². The van der Waals surface area contributed by atoms with E-state index in [0.29, 0.717) is 12.8 Å². The number of hydrogen-bond donors (Lipinski definition) is 2. The van der Waals surface area contributed by atoms with Crippen LogP contribution in [-0.4, -0.2) is 56.5 Å². The molecule has 2 atom stereocenters. The van der Waals surface area contributed by atoms with Crippen LogP contribution in [-0.2, 0) is 19.2 Å². The highest BCUT2D eigenvalue weighted by molar-refractivity contribution is 7.92. The van der Waals surface area contributed by atoms with Gasteiger partial charge >= 0.3 is 7.12 Å². The summed E-state index contributed by atoms with van der Waals surface area (Å²) in [6.07, 6.45) is 2.97. The van der Waals surface area contributed by atoms with Gasteiger partial charge in [0.25, 0.3) is 0 Å². The highest BCUT2D eigenvalue weighted by atomic mass is 32.2. The quantitative estimate of drug-likeness (QED) is 0.570. The first-order valence-corrected chi connectivity index (χ1v) is 10.7. The molecule has 0 radical (unpaired) electrons. The largest absolute Gasteiger partial charge is 0.508 e. The first-order valence-electron chi connectivity index (χ1n) is 9.02. The van der Waals surface area contributed by atoms with E-state index in [1.807, 2.05) is 25.1 Å². The minimum Gasteiger partial charge on any atom is -0.508 e. The van der Waals surface area contributed by atoms with Gasteiger partial charge in [-0.2, -0.15) is 0 Å². The number of ether oxygens (including phenoxy) is 1. The van der Waals surface area contributed by atoms with Crippen LogP contribution in [0.25, 0.3) is 6.08 Å². The SMILES string of the molecule is COCC1=C2[C@@H](CC/C(C)=C/c3ccc(O)cc3)OB(O)C[C@@H]2S(=O)(=O)C1. The van der Waals surface area contributed by atoms with Crippen LogP contribution in [0.2, 0.25) is 6.32 Å². The molecule has 1 aromatic rings. The number of rotatable bonds is 6. The smallest absolute Gasteiger partial charge is 0.456 e. The Morgan fingerprint density at radius 3 is 2.74 bits per heavy atom. The van der Waals surface area contributed by atoms with E-state index < -0.39 is 28.3 Å². The molecule has 6 nitrogen and oxygen atoms in total. The van der Waals surface area contributed by atoms with Gasteiger partial charge in [-0.1, -0.05) is 23.8 Å². The van der Waals surface area contributed by atoms with Crippen molar-refractivity contribution in [2.45, 2.75) is 37.4 Å². The van der Waals surface area contributed by atoms with E-state index in [1.165, 1.54) is 0 Å². The molecule has 2 aliphatic heterocycles. The molecule has 2 aliphatic rings. The van der Waals surface area contributed by atoms with Crippen molar-refractivity contribution in [2.75, 3.05) is 19.5 Å². The number of sulfone groups is 1. The minimum absolute atomic E-state index is 0.0181. The zero-order valence-corrected chi connectivity index (χ0v) is 16.4. The van der Waals surface area contributed by atoms with Crippen molar-refractivity contribution in [1.82, 2.24) is 0 Å². The Kier molecular flexibility index (Phi) is 6.10. The Morgan fingerprint density at radius 2 is 2.07 bits per heavy atom. The molecule has 0 aromatic heterocycles. The Hall–Kier alpha value is -1.61. The summed E-state index contributed by atoms with van der Waals surface area (Å²) in [6, 6.07) is 6.93. The molecule has 3 rings (SSSR count). The first-order chi connectivity index (χ1) is 12.8. The molecule has 1 fully saturated rings. The maximum atomic E-state index is 12.5. The predicted molar refractivity (Wildman–Crippen MR) is 105 cm³/mol. The molecule has 27 heavy (non-hydrogen) atoms. The third-order valence-electron chi connectivity index (χ3n) is 5.07. The molecule has 146 valence electrons. The number of methoxy groups -OCH3 is 1. The van der Waals surface area contributed by atoms with Crippen LogP contribution >= 0.6 is 0 Å². The summed E-state index contributed by atoms with van der Waals surface area (Å²) in [4.78, 5) is 0. The van der Waals surface area contributed by atoms with Gasteiger partial charge in [-0.25, -0.2) is 8.42 Å². The lowest BCUT2D eigenvalue weighted by atomic mass is 9.74. The molecule has 0 aliphatic carbocycles. The standard InChI is InChI=1S/C19H25BO6S/c1-13(9-14-4-6-16(21)7-5-14)3-8-17-19-15(11-25-2)12-27(23,24)18(19)10-20(22)26-17/h4-7,9,17-18,21-22H,3,8,10-12H2,1-2H3/b13-9+/t17-,18+/m1/s1. The lowest BCUT2D eigenvalue weighted by Crippen LogP contribution is -2.42. The average molecular weight is 392 g/mol. The molecule has 8 heteroatoms. The number of fused-ring (bicyclic) bond motifs is 1. The molecule has 1 aromatic carbocycles. The van der Waals surface area contributed by atoms with E-state index in [9.17, 15) is 18.5 Å². The van der Waals surface area contributed by atoms with Crippen LogP contribution in [0.15, 0.2) is 41.0 Å². The number of allylic oxidation sites excluding steroid dienone is 1. The molecule has 2 N–H and O–H groups in total. The summed E-state index contributed by atoms with van der Waals surface area (Å²) in [5.41, 5.74) is 3.63. The van der Waals surface area contributed by atoms with Crippen molar-refractivity contribution in [3.63, 3.8) is 0 Å². The number of hydrogen-bond acceptors (Lipinski definition) is 6. The fourth-order valence-electron chi connectivity index (χ4n) is 3.87. The Morgan fingerprint density at radius 1 is 1.37 bits per heavy atom. The summed E-state index contributed by atoms with van der Waals surface area (Å²) < 4.78 is 35.9. The van der Waals surface area contributed by atoms with Crippen molar-refractivity contribution >= 4 is 23.0 Å². The Bertz CT molecular complexity index is 843. The summed E-state index contributed by atoms with van der Waals surface area (Å²) in [7, 11) is -2.83.